The molecule has 0 aliphatic carbocycles. The van der Waals surface area contributed by atoms with Crippen molar-refractivity contribution in [3.05, 3.63) is 12.2 Å². The molecule has 84 valence electrons. The molecule has 1 aliphatic heterocycles. The second-order valence-corrected chi connectivity index (χ2v) is 4.56. The van der Waals surface area contributed by atoms with Crippen LogP contribution in [0.1, 0.15) is 34.1 Å². The van der Waals surface area contributed by atoms with Gasteiger partial charge in [-0.05, 0) is 27.7 Å². The fourth-order valence-corrected chi connectivity index (χ4v) is 1.37. The van der Waals surface area contributed by atoms with E-state index in [4.69, 9.17) is 9.47 Å². The van der Waals surface area contributed by atoms with Crippen molar-refractivity contribution in [2.75, 3.05) is 0 Å². The summed E-state index contributed by atoms with van der Waals surface area (Å²) in [4.78, 5) is 22.6. The van der Waals surface area contributed by atoms with Gasteiger partial charge in [-0.2, -0.15) is 0 Å². The van der Waals surface area contributed by atoms with Crippen molar-refractivity contribution in [1.82, 2.24) is 0 Å². The molecule has 0 amide bonds. The van der Waals surface area contributed by atoms with Crippen molar-refractivity contribution >= 4 is 11.9 Å². The highest BCUT2D eigenvalue weighted by atomic mass is 16.6. The molecule has 0 radical (unpaired) electrons. The molecule has 1 heterocycles. The van der Waals surface area contributed by atoms with Gasteiger partial charge in [0.1, 0.15) is 5.60 Å². The Hall–Kier alpha value is -1.32. The summed E-state index contributed by atoms with van der Waals surface area (Å²) >= 11 is 0. The molecule has 1 rings (SSSR count). The summed E-state index contributed by atoms with van der Waals surface area (Å²) in [6, 6.07) is 0. The first-order valence-electron chi connectivity index (χ1n) is 4.79. The molecule has 0 aromatic carbocycles. The third kappa shape index (κ3) is 2.03. The fourth-order valence-electron chi connectivity index (χ4n) is 1.37. The molecule has 4 nitrogen and oxygen atoms in total. The lowest BCUT2D eigenvalue weighted by atomic mass is 9.87. The monoisotopic (exact) mass is 212 g/mol. The summed E-state index contributed by atoms with van der Waals surface area (Å²) in [6.45, 7) is 10.2. The molecule has 1 fully saturated rings. The lowest BCUT2D eigenvalue weighted by Crippen LogP contribution is -2.47. The van der Waals surface area contributed by atoms with E-state index in [1.807, 2.05) is 0 Å². The fraction of sp³-hybridized carbons (Fsp3) is 0.636. The van der Waals surface area contributed by atoms with E-state index in [0.717, 1.165) is 0 Å². The summed E-state index contributed by atoms with van der Waals surface area (Å²) in [6.07, 6.45) is 0.0824. The number of hydrogen-bond donors (Lipinski definition) is 0. The van der Waals surface area contributed by atoms with Gasteiger partial charge in [0.2, 0.25) is 0 Å². The standard InChI is InChI=1S/C11H16O4/c1-7(2)9(13)15-11(5)6-8(12)14-10(11,3)4/h1,6H2,2-5H3. The van der Waals surface area contributed by atoms with E-state index in [1.165, 1.54) is 0 Å². The Morgan fingerprint density at radius 2 is 2.00 bits per heavy atom. The van der Waals surface area contributed by atoms with Crippen LogP contribution < -0.4 is 0 Å². The summed E-state index contributed by atoms with van der Waals surface area (Å²) in [5, 5.41) is 0. The average molecular weight is 212 g/mol. The Morgan fingerprint density at radius 3 is 2.33 bits per heavy atom. The molecule has 0 spiro atoms. The predicted molar refractivity (Wildman–Crippen MR) is 54.1 cm³/mol. The van der Waals surface area contributed by atoms with Gasteiger partial charge in [-0.3, -0.25) is 4.79 Å². The smallest absolute Gasteiger partial charge is 0.333 e. The minimum absolute atomic E-state index is 0.0824. The molecular formula is C11H16O4. The molecule has 1 unspecified atom stereocenters. The lowest BCUT2D eigenvalue weighted by molar-refractivity contribution is -0.171. The van der Waals surface area contributed by atoms with Crippen molar-refractivity contribution in [2.45, 2.75) is 45.3 Å². The molecule has 0 aromatic heterocycles. The highest BCUT2D eigenvalue weighted by Gasteiger charge is 2.55. The van der Waals surface area contributed by atoms with E-state index in [-0.39, 0.29) is 12.4 Å². The second kappa shape index (κ2) is 3.36. The predicted octanol–water partition coefficient (Wildman–Crippen LogP) is 1.59. The molecule has 1 saturated heterocycles. The molecule has 0 N–H and O–H groups in total. The van der Waals surface area contributed by atoms with Gasteiger partial charge in [0, 0.05) is 5.57 Å². The maximum atomic E-state index is 11.4. The highest BCUT2D eigenvalue weighted by molar-refractivity contribution is 5.88. The summed E-state index contributed by atoms with van der Waals surface area (Å²) in [5.74, 6) is -0.846. The molecule has 4 heteroatoms. The number of esters is 2. The summed E-state index contributed by atoms with van der Waals surface area (Å²) in [7, 11) is 0. The van der Waals surface area contributed by atoms with Gasteiger partial charge in [0.15, 0.2) is 5.60 Å². The topological polar surface area (TPSA) is 52.6 Å². The van der Waals surface area contributed by atoms with Crippen molar-refractivity contribution in [1.29, 1.82) is 0 Å². The molecule has 1 atom stereocenters. The van der Waals surface area contributed by atoms with Crippen LogP contribution >= 0.6 is 0 Å². The quantitative estimate of drug-likeness (QED) is 0.515. The number of carbonyl (C=O) groups is 2. The third-order valence-corrected chi connectivity index (χ3v) is 2.79. The number of ether oxygens (including phenoxy) is 2. The maximum Gasteiger partial charge on any atom is 0.333 e. The maximum absolute atomic E-state index is 11.4. The number of cyclic esters (lactones) is 1. The van der Waals surface area contributed by atoms with Crippen LogP contribution in [0, 0.1) is 0 Å². The van der Waals surface area contributed by atoms with Gasteiger partial charge in [-0.15, -0.1) is 0 Å². The van der Waals surface area contributed by atoms with E-state index in [9.17, 15) is 9.59 Å². The normalized spacial score (nSPS) is 28.4. The van der Waals surface area contributed by atoms with Gasteiger partial charge in [-0.25, -0.2) is 4.79 Å². The molecule has 0 saturated carbocycles. The molecule has 0 bridgehead atoms. The van der Waals surface area contributed by atoms with Crippen LogP contribution in [0.2, 0.25) is 0 Å². The first kappa shape index (κ1) is 11.8. The first-order chi connectivity index (χ1) is 6.68. The molecule has 1 aliphatic rings. The minimum atomic E-state index is -0.917. The van der Waals surface area contributed by atoms with Crippen LogP contribution in [0.3, 0.4) is 0 Å². The van der Waals surface area contributed by atoms with Crippen molar-refractivity contribution in [3.63, 3.8) is 0 Å². The Morgan fingerprint density at radius 1 is 1.47 bits per heavy atom. The Labute approximate surface area is 89.2 Å². The number of carbonyl (C=O) groups excluding carboxylic acids is 2. The van der Waals surface area contributed by atoms with E-state index in [1.54, 1.807) is 27.7 Å². The number of hydrogen-bond acceptors (Lipinski definition) is 4. The van der Waals surface area contributed by atoms with E-state index in [0.29, 0.717) is 5.57 Å². The van der Waals surface area contributed by atoms with Crippen molar-refractivity contribution in [2.24, 2.45) is 0 Å². The second-order valence-electron chi connectivity index (χ2n) is 4.56. The van der Waals surface area contributed by atoms with Gasteiger partial charge in [-0.1, -0.05) is 6.58 Å². The van der Waals surface area contributed by atoms with Crippen LogP contribution in [0.15, 0.2) is 12.2 Å². The molecule has 15 heavy (non-hydrogen) atoms. The van der Waals surface area contributed by atoms with Crippen LogP contribution in [-0.4, -0.2) is 23.1 Å². The Balaban J connectivity index is 2.87. The zero-order chi connectivity index (χ0) is 11.9. The largest absolute Gasteiger partial charge is 0.455 e. The van der Waals surface area contributed by atoms with Crippen molar-refractivity contribution in [3.8, 4) is 0 Å². The van der Waals surface area contributed by atoms with Crippen LogP contribution in [0.5, 0.6) is 0 Å². The Bertz CT molecular complexity index is 329. The van der Waals surface area contributed by atoms with Gasteiger partial charge in [0.05, 0.1) is 6.42 Å². The van der Waals surface area contributed by atoms with Crippen LogP contribution in [0.25, 0.3) is 0 Å². The van der Waals surface area contributed by atoms with Gasteiger partial charge < -0.3 is 9.47 Å². The summed E-state index contributed by atoms with van der Waals surface area (Å²) in [5.41, 5.74) is -1.40. The van der Waals surface area contributed by atoms with Gasteiger partial charge >= 0.3 is 11.9 Å². The average Bonchev–Trinajstić information content (AvgIpc) is 2.19. The highest BCUT2D eigenvalue weighted by Crippen LogP contribution is 2.39. The van der Waals surface area contributed by atoms with E-state index >= 15 is 0 Å². The van der Waals surface area contributed by atoms with E-state index in [2.05, 4.69) is 6.58 Å². The number of rotatable bonds is 2. The molecule has 0 aromatic rings. The van der Waals surface area contributed by atoms with Crippen LogP contribution in [0.4, 0.5) is 0 Å². The SMILES string of the molecule is C=C(C)C(=O)OC1(C)CC(=O)OC1(C)C. The first-order valence-corrected chi connectivity index (χ1v) is 4.79. The van der Waals surface area contributed by atoms with Crippen LogP contribution in [-0.2, 0) is 19.1 Å². The van der Waals surface area contributed by atoms with Crippen molar-refractivity contribution < 1.29 is 19.1 Å². The van der Waals surface area contributed by atoms with Gasteiger partial charge in [0.25, 0.3) is 0 Å². The lowest BCUT2D eigenvalue weighted by Gasteiger charge is -2.34. The Kier molecular flexibility index (Phi) is 2.63. The summed E-state index contributed by atoms with van der Waals surface area (Å²) < 4.78 is 10.4. The minimum Gasteiger partial charge on any atom is -0.455 e. The zero-order valence-electron chi connectivity index (χ0n) is 9.55. The van der Waals surface area contributed by atoms with E-state index < -0.39 is 17.2 Å². The molecular weight excluding hydrogens is 196 g/mol. The third-order valence-electron chi connectivity index (χ3n) is 2.79. The zero-order valence-corrected chi connectivity index (χ0v) is 9.55.